The number of carbonyl (C=O) groups is 3. The van der Waals surface area contributed by atoms with Crippen LogP contribution >= 0.6 is 24.0 Å². The Morgan fingerprint density at radius 3 is 2.33 bits per heavy atom. The molecule has 33 heavy (non-hydrogen) atoms. The Morgan fingerprint density at radius 1 is 1.06 bits per heavy atom. The van der Waals surface area contributed by atoms with Crippen molar-refractivity contribution in [2.24, 2.45) is 0 Å². The first-order valence-electron chi connectivity index (χ1n) is 9.97. The smallest absolute Gasteiger partial charge is 0.270 e. The number of Topliss-reactive ketones (excluding diaryl/α,β-unsaturated/α-hetero) is 1. The summed E-state index contributed by atoms with van der Waals surface area (Å²) in [5.41, 5.74) is 2.19. The number of hydrogen-bond donors (Lipinski definition) is 1. The van der Waals surface area contributed by atoms with Gasteiger partial charge in [-0.2, -0.15) is 0 Å². The molecule has 3 rings (SSSR count). The van der Waals surface area contributed by atoms with Crippen molar-refractivity contribution in [3.05, 3.63) is 88.5 Å². The summed E-state index contributed by atoms with van der Waals surface area (Å²) >= 11 is 6.45. The highest BCUT2D eigenvalue weighted by atomic mass is 32.2. The van der Waals surface area contributed by atoms with Gasteiger partial charge in [-0.3, -0.25) is 19.3 Å². The first kappa shape index (κ1) is 24.2. The summed E-state index contributed by atoms with van der Waals surface area (Å²) in [5.74, 6) is -0.872. The Hall–Kier alpha value is -3.49. The summed E-state index contributed by atoms with van der Waals surface area (Å²) in [6.07, 6.45) is 4.90. The molecule has 0 atom stereocenters. The zero-order valence-electron chi connectivity index (χ0n) is 18.3. The molecular weight excluding hydrogens is 456 g/mol. The van der Waals surface area contributed by atoms with E-state index in [1.807, 2.05) is 43.3 Å². The van der Waals surface area contributed by atoms with Crippen molar-refractivity contribution >= 4 is 57.7 Å². The van der Waals surface area contributed by atoms with E-state index < -0.39 is 11.7 Å². The number of allylic oxidation sites excluding steroid dienone is 2. The summed E-state index contributed by atoms with van der Waals surface area (Å²) in [7, 11) is 1.54. The molecule has 0 aromatic heterocycles. The van der Waals surface area contributed by atoms with Crippen molar-refractivity contribution in [1.29, 1.82) is 0 Å². The molecule has 1 heterocycles. The number of amides is 2. The lowest BCUT2D eigenvalue weighted by Gasteiger charge is -2.12. The van der Waals surface area contributed by atoms with Gasteiger partial charge in [-0.25, -0.2) is 0 Å². The molecular formula is C25H22N2O4S2. The molecule has 0 spiro atoms. The third-order valence-electron chi connectivity index (χ3n) is 4.61. The average Bonchev–Trinajstić information content (AvgIpc) is 3.05. The standard InChI is InChI=1S/C25H22N2O4S2/c1-16(13-18-7-5-4-6-8-18)14-22-24(30)27(25(32)33-22)15-21(17(2)28)23(29)26-19-9-11-20(31-3)12-10-19/h4-15H,1-3H3,(H,26,29)/b16-13+,21-15+,22-14+. The average molecular weight is 479 g/mol. The number of thiocarbonyl (C=S) groups is 1. The molecule has 1 aliphatic heterocycles. The van der Waals surface area contributed by atoms with Crippen LogP contribution < -0.4 is 10.1 Å². The lowest BCUT2D eigenvalue weighted by Crippen LogP contribution is -2.27. The van der Waals surface area contributed by atoms with Gasteiger partial charge in [0.05, 0.1) is 17.6 Å². The molecule has 8 heteroatoms. The number of ether oxygens (including phenoxy) is 1. The van der Waals surface area contributed by atoms with Gasteiger partial charge in [0, 0.05) is 11.9 Å². The van der Waals surface area contributed by atoms with Gasteiger partial charge in [-0.05, 0) is 55.3 Å². The van der Waals surface area contributed by atoms with Crippen LogP contribution in [0.3, 0.4) is 0 Å². The van der Waals surface area contributed by atoms with Crippen molar-refractivity contribution < 1.29 is 19.1 Å². The second kappa shape index (κ2) is 10.9. The lowest BCUT2D eigenvalue weighted by atomic mass is 10.1. The molecule has 1 aliphatic rings. The SMILES string of the molecule is COc1ccc(NC(=O)/C(=C/N2C(=O)/C(=C\C(C)=C\c3ccccc3)SC2=S)C(C)=O)cc1. The second-order valence-electron chi connectivity index (χ2n) is 7.13. The van der Waals surface area contributed by atoms with Gasteiger partial charge < -0.3 is 10.1 Å². The van der Waals surface area contributed by atoms with Crippen molar-refractivity contribution in [1.82, 2.24) is 4.90 Å². The van der Waals surface area contributed by atoms with Gasteiger partial charge in [0.2, 0.25) is 0 Å². The van der Waals surface area contributed by atoms with Gasteiger partial charge >= 0.3 is 0 Å². The van der Waals surface area contributed by atoms with Gasteiger partial charge in [0.25, 0.3) is 11.8 Å². The Bertz CT molecular complexity index is 1180. The quantitative estimate of drug-likeness (QED) is 0.263. The van der Waals surface area contributed by atoms with E-state index in [0.29, 0.717) is 16.3 Å². The van der Waals surface area contributed by atoms with Crippen LogP contribution in [-0.4, -0.2) is 33.9 Å². The molecule has 6 nitrogen and oxygen atoms in total. The van der Waals surface area contributed by atoms with Crippen LogP contribution in [0.4, 0.5) is 5.69 Å². The predicted molar refractivity (Wildman–Crippen MR) is 136 cm³/mol. The fourth-order valence-corrected chi connectivity index (χ4v) is 4.22. The summed E-state index contributed by atoms with van der Waals surface area (Å²) in [6, 6.07) is 16.4. The third-order valence-corrected chi connectivity index (χ3v) is 5.94. The molecule has 0 bridgehead atoms. The molecule has 1 N–H and O–H groups in total. The number of thioether (sulfide) groups is 1. The summed E-state index contributed by atoms with van der Waals surface area (Å²) in [5, 5.41) is 2.65. The topological polar surface area (TPSA) is 75.7 Å². The van der Waals surface area contributed by atoms with Gasteiger partial charge in [-0.15, -0.1) is 0 Å². The number of nitrogens with one attached hydrogen (secondary N) is 1. The van der Waals surface area contributed by atoms with E-state index in [9.17, 15) is 14.4 Å². The lowest BCUT2D eigenvalue weighted by molar-refractivity contribution is -0.120. The maximum absolute atomic E-state index is 12.9. The summed E-state index contributed by atoms with van der Waals surface area (Å²) in [4.78, 5) is 39.4. The van der Waals surface area contributed by atoms with E-state index in [0.717, 1.165) is 27.8 Å². The zero-order chi connectivity index (χ0) is 24.0. The third kappa shape index (κ3) is 6.27. The predicted octanol–water partition coefficient (Wildman–Crippen LogP) is 4.95. The van der Waals surface area contributed by atoms with Crippen LogP contribution in [0.2, 0.25) is 0 Å². The van der Waals surface area contributed by atoms with Crippen molar-refractivity contribution in [2.45, 2.75) is 13.8 Å². The molecule has 0 unspecified atom stereocenters. The Kier molecular flexibility index (Phi) is 7.97. The fourth-order valence-electron chi connectivity index (χ4n) is 2.96. The van der Waals surface area contributed by atoms with E-state index in [1.54, 1.807) is 37.5 Å². The number of hydrogen-bond acceptors (Lipinski definition) is 6. The largest absolute Gasteiger partial charge is 0.497 e. The van der Waals surface area contributed by atoms with Crippen molar-refractivity contribution in [3.8, 4) is 5.75 Å². The number of ketones is 1. The fraction of sp³-hybridized carbons (Fsp3) is 0.120. The van der Waals surface area contributed by atoms with Gasteiger partial charge in [0.15, 0.2) is 10.1 Å². The van der Waals surface area contributed by atoms with Crippen LogP contribution in [0.5, 0.6) is 5.75 Å². The number of carbonyl (C=O) groups excluding carboxylic acids is 3. The Morgan fingerprint density at radius 2 is 1.73 bits per heavy atom. The summed E-state index contributed by atoms with van der Waals surface area (Å²) < 4.78 is 5.34. The van der Waals surface area contributed by atoms with Gasteiger partial charge in [0.1, 0.15) is 5.75 Å². The number of anilines is 1. The van der Waals surface area contributed by atoms with E-state index in [1.165, 1.54) is 13.1 Å². The van der Waals surface area contributed by atoms with Crippen LogP contribution in [0.25, 0.3) is 6.08 Å². The normalized spacial score (nSPS) is 15.7. The minimum Gasteiger partial charge on any atom is -0.497 e. The number of nitrogens with zero attached hydrogens (tertiary/aromatic N) is 1. The van der Waals surface area contributed by atoms with E-state index in [2.05, 4.69) is 5.32 Å². The minimum atomic E-state index is -0.633. The Balaban J connectivity index is 1.80. The monoisotopic (exact) mass is 478 g/mol. The molecule has 168 valence electrons. The molecule has 1 fully saturated rings. The van der Waals surface area contributed by atoms with E-state index >= 15 is 0 Å². The Labute approximate surface area is 202 Å². The van der Waals surface area contributed by atoms with Crippen LogP contribution in [0.1, 0.15) is 19.4 Å². The molecule has 2 aromatic carbocycles. The maximum Gasteiger partial charge on any atom is 0.270 e. The highest BCUT2D eigenvalue weighted by Crippen LogP contribution is 2.33. The highest BCUT2D eigenvalue weighted by molar-refractivity contribution is 8.26. The number of rotatable bonds is 7. The van der Waals surface area contributed by atoms with Crippen LogP contribution in [0.15, 0.2) is 82.9 Å². The number of benzene rings is 2. The molecule has 2 amide bonds. The highest BCUT2D eigenvalue weighted by Gasteiger charge is 2.32. The van der Waals surface area contributed by atoms with Gasteiger partial charge in [-0.1, -0.05) is 60.4 Å². The van der Waals surface area contributed by atoms with Crippen LogP contribution in [-0.2, 0) is 14.4 Å². The number of methoxy groups -OCH3 is 1. The molecule has 0 radical (unpaired) electrons. The maximum atomic E-state index is 12.9. The van der Waals surface area contributed by atoms with E-state index in [-0.39, 0.29) is 15.8 Å². The van der Waals surface area contributed by atoms with Crippen molar-refractivity contribution in [2.75, 3.05) is 12.4 Å². The minimum absolute atomic E-state index is 0.181. The first-order valence-corrected chi connectivity index (χ1v) is 11.2. The molecule has 0 saturated carbocycles. The van der Waals surface area contributed by atoms with E-state index in [4.69, 9.17) is 17.0 Å². The van der Waals surface area contributed by atoms with Crippen LogP contribution in [0, 0.1) is 0 Å². The van der Waals surface area contributed by atoms with Crippen molar-refractivity contribution in [3.63, 3.8) is 0 Å². The summed E-state index contributed by atoms with van der Waals surface area (Å²) in [6.45, 7) is 3.15. The second-order valence-corrected chi connectivity index (χ2v) is 8.81. The molecule has 0 aliphatic carbocycles. The molecule has 2 aromatic rings. The molecule has 1 saturated heterocycles. The first-order chi connectivity index (χ1) is 15.8. The zero-order valence-corrected chi connectivity index (χ0v) is 20.0.